The molecular weight excluding hydrogens is 372 g/mol. The van der Waals surface area contributed by atoms with Crippen molar-refractivity contribution in [3.05, 3.63) is 58.6 Å². The minimum absolute atomic E-state index is 0.220. The van der Waals surface area contributed by atoms with E-state index in [2.05, 4.69) is 12.1 Å². The molecule has 1 heterocycles. The van der Waals surface area contributed by atoms with Crippen molar-refractivity contribution >= 4 is 33.0 Å². The van der Waals surface area contributed by atoms with Gasteiger partial charge in [-0.3, -0.25) is 10.1 Å². The zero-order valence-electron chi connectivity index (χ0n) is 14.4. The molecule has 0 bridgehead atoms. The lowest BCUT2D eigenvalue weighted by atomic mass is 10.2. The lowest BCUT2D eigenvalue weighted by molar-refractivity contribution is -0.387. The van der Waals surface area contributed by atoms with Crippen LogP contribution in [-0.4, -0.2) is 38.4 Å². The van der Waals surface area contributed by atoms with E-state index in [-0.39, 0.29) is 10.6 Å². The Labute approximate surface area is 157 Å². The third-order valence-corrected chi connectivity index (χ3v) is 6.79. The fourth-order valence-corrected chi connectivity index (χ4v) is 5.07. The molecule has 3 rings (SSSR count). The first-order valence-electron chi connectivity index (χ1n) is 8.26. The molecule has 0 amide bonds. The normalized spacial score (nSPS) is 17.4. The Kier molecular flexibility index (Phi) is 5.52. The Balaban J connectivity index is 1.77. The fraction of sp³-hybridized carbons (Fsp3) is 0.333. The predicted octanol–water partition coefficient (Wildman–Crippen LogP) is 3.62. The highest BCUT2D eigenvalue weighted by Crippen LogP contribution is 2.37. The number of sulfone groups is 1. The molecule has 2 aromatic rings. The van der Waals surface area contributed by atoms with Crippen LogP contribution < -0.4 is 4.90 Å². The number of rotatable bonds is 6. The maximum absolute atomic E-state index is 11.9. The van der Waals surface area contributed by atoms with Gasteiger partial charge in [0, 0.05) is 30.0 Å². The van der Waals surface area contributed by atoms with Gasteiger partial charge in [0.1, 0.15) is 10.6 Å². The van der Waals surface area contributed by atoms with Gasteiger partial charge in [-0.1, -0.05) is 24.3 Å². The Morgan fingerprint density at radius 2 is 1.92 bits per heavy atom. The van der Waals surface area contributed by atoms with Crippen molar-refractivity contribution in [2.75, 3.05) is 30.0 Å². The first-order valence-corrected chi connectivity index (χ1v) is 11.1. The van der Waals surface area contributed by atoms with Gasteiger partial charge in [-0.25, -0.2) is 8.42 Å². The van der Waals surface area contributed by atoms with Gasteiger partial charge in [0.05, 0.1) is 4.92 Å². The van der Waals surface area contributed by atoms with Crippen LogP contribution in [0.15, 0.2) is 58.3 Å². The molecule has 1 saturated heterocycles. The second kappa shape index (κ2) is 7.67. The Hall–Kier alpha value is -2.06. The van der Waals surface area contributed by atoms with Crippen molar-refractivity contribution in [2.45, 2.75) is 16.2 Å². The molecule has 0 spiro atoms. The van der Waals surface area contributed by atoms with Gasteiger partial charge in [-0.05, 0) is 36.6 Å². The summed E-state index contributed by atoms with van der Waals surface area (Å²) in [5.74, 6) is 1.33. The summed E-state index contributed by atoms with van der Waals surface area (Å²) in [7, 11) is -3.66. The number of thioether (sulfide) groups is 1. The van der Waals surface area contributed by atoms with Crippen molar-refractivity contribution in [1.82, 2.24) is 0 Å². The first kappa shape index (κ1) is 18.7. The van der Waals surface area contributed by atoms with Crippen LogP contribution in [0.3, 0.4) is 0 Å². The van der Waals surface area contributed by atoms with Gasteiger partial charge in [-0.15, -0.1) is 11.8 Å². The average molecular weight is 393 g/mol. The highest BCUT2D eigenvalue weighted by molar-refractivity contribution is 7.99. The number of benzene rings is 2. The van der Waals surface area contributed by atoms with E-state index < -0.39 is 14.8 Å². The summed E-state index contributed by atoms with van der Waals surface area (Å²) in [6, 6.07) is 14.6. The fourth-order valence-electron chi connectivity index (χ4n) is 3.17. The van der Waals surface area contributed by atoms with E-state index in [0.717, 1.165) is 18.4 Å². The van der Waals surface area contributed by atoms with Crippen LogP contribution in [-0.2, 0) is 9.84 Å². The van der Waals surface area contributed by atoms with Crippen LogP contribution >= 0.6 is 11.8 Å². The van der Waals surface area contributed by atoms with Crippen molar-refractivity contribution in [3.63, 3.8) is 0 Å². The van der Waals surface area contributed by atoms with Crippen LogP contribution in [0.4, 0.5) is 11.4 Å². The Morgan fingerprint density at radius 3 is 2.58 bits per heavy atom. The number of hydrogen-bond acceptors (Lipinski definition) is 6. The maximum Gasteiger partial charge on any atom is 0.311 e. The summed E-state index contributed by atoms with van der Waals surface area (Å²) in [6.07, 6.45) is 1.93. The predicted molar refractivity (Wildman–Crippen MR) is 104 cm³/mol. The zero-order valence-corrected chi connectivity index (χ0v) is 16.0. The molecule has 1 aliphatic rings. The zero-order chi connectivity index (χ0) is 18.7. The van der Waals surface area contributed by atoms with E-state index >= 15 is 0 Å². The van der Waals surface area contributed by atoms with Gasteiger partial charge < -0.3 is 4.90 Å². The van der Waals surface area contributed by atoms with E-state index in [1.165, 1.54) is 11.0 Å². The van der Waals surface area contributed by atoms with E-state index in [1.54, 1.807) is 23.9 Å². The van der Waals surface area contributed by atoms with Crippen molar-refractivity contribution in [1.29, 1.82) is 0 Å². The summed E-state index contributed by atoms with van der Waals surface area (Å²) >= 11 is 1.78. The summed E-state index contributed by atoms with van der Waals surface area (Å²) in [6.45, 7) is 1.38. The highest BCUT2D eigenvalue weighted by Gasteiger charge is 2.32. The molecule has 1 fully saturated rings. The number of nitro benzene ring substituents is 1. The van der Waals surface area contributed by atoms with Gasteiger partial charge in [-0.2, -0.15) is 0 Å². The van der Waals surface area contributed by atoms with Gasteiger partial charge in [0.15, 0.2) is 9.84 Å². The van der Waals surface area contributed by atoms with Crippen LogP contribution in [0.5, 0.6) is 0 Å². The molecule has 1 aliphatic heterocycles. The molecule has 0 N–H and O–H groups in total. The smallest absolute Gasteiger partial charge is 0.311 e. The van der Waals surface area contributed by atoms with E-state index in [9.17, 15) is 18.5 Å². The standard InChI is InChI=1S/C18H20N2O4S2/c1-26(23,24)17-9-5-8-16(18(17)20(21)22)19-11-10-14(12-19)13-25-15-6-3-2-4-7-15/h2-9,14H,10-13H2,1H3. The minimum Gasteiger partial charge on any atom is -0.366 e. The quantitative estimate of drug-likeness (QED) is 0.424. The Morgan fingerprint density at radius 1 is 1.19 bits per heavy atom. The third-order valence-electron chi connectivity index (χ3n) is 4.42. The van der Waals surface area contributed by atoms with Crippen molar-refractivity contribution in [2.24, 2.45) is 5.92 Å². The molecule has 26 heavy (non-hydrogen) atoms. The number of para-hydroxylation sites is 1. The average Bonchev–Trinajstić information content (AvgIpc) is 3.08. The van der Waals surface area contributed by atoms with Crippen LogP contribution in [0, 0.1) is 16.0 Å². The van der Waals surface area contributed by atoms with Crippen LogP contribution in [0.1, 0.15) is 6.42 Å². The highest BCUT2D eigenvalue weighted by atomic mass is 32.2. The lowest BCUT2D eigenvalue weighted by Gasteiger charge is -2.19. The van der Waals surface area contributed by atoms with E-state index in [1.807, 2.05) is 23.1 Å². The van der Waals surface area contributed by atoms with Gasteiger partial charge >= 0.3 is 5.69 Å². The molecule has 0 aromatic heterocycles. The lowest BCUT2D eigenvalue weighted by Crippen LogP contribution is -2.22. The van der Waals surface area contributed by atoms with Crippen molar-refractivity contribution in [3.8, 4) is 0 Å². The van der Waals surface area contributed by atoms with Crippen molar-refractivity contribution < 1.29 is 13.3 Å². The number of nitrogens with zero attached hydrogens (tertiary/aromatic N) is 2. The van der Waals surface area contributed by atoms with E-state index in [4.69, 9.17) is 0 Å². The topological polar surface area (TPSA) is 80.5 Å². The third kappa shape index (κ3) is 4.19. The molecule has 0 saturated carbocycles. The monoisotopic (exact) mass is 392 g/mol. The first-order chi connectivity index (χ1) is 12.4. The Bertz CT molecular complexity index is 901. The second-order valence-corrected chi connectivity index (χ2v) is 9.46. The molecule has 6 nitrogen and oxygen atoms in total. The summed E-state index contributed by atoms with van der Waals surface area (Å²) in [4.78, 5) is 13.9. The number of nitro groups is 1. The molecule has 0 aliphatic carbocycles. The second-order valence-electron chi connectivity index (χ2n) is 6.38. The van der Waals surface area contributed by atoms with Gasteiger partial charge in [0.25, 0.3) is 0 Å². The number of anilines is 1. The molecule has 2 aromatic carbocycles. The number of hydrogen-bond donors (Lipinski definition) is 0. The van der Waals surface area contributed by atoms with Crippen LogP contribution in [0.25, 0.3) is 0 Å². The minimum atomic E-state index is -3.66. The van der Waals surface area contributed by atoms with Gasteiger partial charge in [0.2, 0.25) is 0 Å². The molecule has 0 radical (unpaired) electrons. The summed E-state index contributed by atoms with van der Waals surface area (Å²) in [5, 5.41) is 11.5. The molecule has 1 atom stereocenters. The summed E-state index contributed by atoms with van der Waals surface area (Å²) in [5.41, 5.74) is 0.0801. The largest absolute Gasteiger partial charge is 0.366 e. The molecule has 138 valence electrons. The maximum atomic E-state index is 11.9. The van der Waals surface area contributed by atoms with E-state index in [0.29, 0.717) is 24.7 Å². The molecule has 8 heteroatoms. The molecular formula is C18H20N2O4S2. The summed E-state index contributed by atoms with van der Waals surface area (Å²) < 4.78 is 23.8. The molecule has 1 unspecified atom stereocenters. The SMILES string of the molecule is CS(=O)(=O)c1cccc(N2CCC(CSc3ccccc3)C2)c1[N+](=O)[O-]. The van der Waals surface area contributed by atoms with Crippen LogP contribution in [0.2, 0.25) is 0 Å².